The number of ether oxygens (including phenoxy) is 1. The highest BCUT2D eigenvalue weighted by molar-refractivity contribution is 5.81. The number of carboxylic acid groups (broad SMARTS) is 1. The second kappa shape index (κ2) is 3.84. The number of carbonyl (C=O) groups excluding carboxylic acids is 1. The third-order valence-electron chi connectivity index (χ3n) is 0.931. The number of carboxylic acids is 1. The van der Waals surface area contributed by atoms with Crippen LogP contribution in [0.4, 0.5) is 0 Å². The number of methoxy groups -OCH3 is 1. The van der Waals surface area contributed by atoms with Crippen LogP contribution in [0.2, 0.25) is 0 Å². The molecule has 0 aromatic rings. The van der Waals surface area contributed by atoms with E-state index in [4.69, 9.17) is 10.8 Å². The van der Waals surface area contributed by atoms with Crippen molar-refractivity contribution in [2.45, 2.75) is 12.5 Å². The van der Waals surface area contributed by atoms with E-state index in [1.807, 2.05) is 0 Å². The summed E-state index contributed by atoms with van der Waals surface area (Å²) in [6.07, 6.45) is -0.286. The van der Waals surface area contributed by atoms with E-state index in [9.17, 15) is 9.59 Å². The quantitative estimate of drug-likeness (QED) is 0.498. The number of rotatable bonds is 3. The summed E-state index contributed by atoms with van der Waals surface area (Å²) in [5, 5.41) is 8.19. The summed E-state index contributed by atoms with van der Waals surface area (Å²) in [6, 6.07) is -1.16. The Labute approximate surface area is 57.8 Å². The minimum absolute atomic E-state index is 0.286. The van der Waals surface area contributed by atoms with Crippen LogP contribution in [0.25, 0.3) is 0 Å². The van der Waals surface area contributed by atoms with Crippen molar-refractivity contribution in [3.8, 4) is 0 Å². The lowest BCUT2D eigenvalue weighted by atomic mass is 10.2. The standard InChI is InChI=1S/C5H9NO4/c1-10-4(7)2-3(6)5(8)9/h3H,2,6H2,1H3,(H,8,9)/t3-/m1/s1. The maximum absolute atomic E-state index is 10.4. The van der Waals surface area contributed by atoms with Crippen molar-refractivity contribution < 1.29 is 19.4 Å². The van der Waals surface area contributed by atoms with Crippen molar-refractivity contribution in [2.24, 2.45) is 5.73 Å². The molecule has 10 heavy (non-hydrogen) atoms. The zero-order valence-corrected chi connectivity index (χ0v) is 5.53. The first-order valence-corrected chi connectivity index (χ1v) is 2.63. The Bertz CT molecular complexity index is 145. The molecule has 1 atom stereocenters. The molecule has 5 nitrogen and oxygen atoms in total. The van der Waals surface area contributed by atoms with E-state index in [0.717, 1.165) is 0 Å². The van der Waals surface area contributed by atoms with E-state index < -0.39 is 18.0 Å². The van der Waals surface area contributed by atoms with Crippen molar-refractivity contribution in [1.82, 2.24) is 0 Å². The van der Waals surface area contributed by atoms with E-state index in [2.05, 4.69) is 4.74 Å². The van der Waals surface area contributed by atoms with E-state index >= 15 is 0 Å². The fourth-order valence-electron chi connectivity index (χ4n) is 0.350. The van der Waals surface area contributed by atoms with Gasteiger partial charge in [0.2, 0.25) is 0 Å². The molecule has 3 N–H and O–H groups in total. The Hall–Kier alpha value is -1.10. The molecule has 0 aromatic heterocycles. The largest absolute Gasteiger partial charge is 0.480 e. The molecular formula is C5H9NO4. The Balaban J connectivity index is 3.68. The maximum Gasteiger partial charge on any atom is 0.321 e. The van der Waals surface area contributed by atoms with Gasteiger partial charge in [-0.15, -0.1) is 0 Å². The molecule has 0 aliphatic rings. The summed E-state index contributed by atoms with van der Waals surface area (Å²) in [5.41, 5.74) is 4.99. The number of aliphatic carboxylic acids is 1. The second-order valence-electron chi connectivity index (χ2n) is 1.72. The average Bonchev–Trinajstić information content (AvgIpc) is 1.87. The predicted octanol–water partition coefficient (Wildman–Crippen LogP) is -1.04. The fraction of sp³-hybridized carbons (Fsp3) is 0.600. The third kappa shape index (κ3) is 3.03. The minimum atomic E-state index is -1.20. The topological polar surface area (TPSA) is 89.6 Å². The molecule has 0 saturated heterocycles. The summed E-state index contributed by atoms with van der Waals surface area (Å²) in [6.45, 7) is 0. The molecule has 0 bridgehead atoms. The summed E-state index contributed by atoms with van der Waals surface area (Å²) in [7, 11) is 1.18. The van der Waals surface area contributed by atoms with Gasteiger partial charge in [-0.1, -0.05) is 0 Å². The van der Waals surface area contributed by atoms with Gasteiger partial charge >= 0.3 is 11.9 Å². The maximum atomic E-state index is 10.4. The molecule has 0 amide bonds. The minimum Gasteiger partial charge on any atom is -0.480 e. The highest BCUT2D eigenvalue weighted by atomic mass is 16.5. The van der Waals surface area contributed by atoms with Gasteiger partial charge in [-0.05, 0) is 0 Å². The Morgan fingerprint density at radius 1 is 1.70 bits per heavy atom. The van der Waals surface area contributed by atoms with Crippen molar-refractivity contribution >= 4 is 11.9 Å². The summed E-state index contributed by atoms with van der Waals surface area (Å²) in [4.78, 5) is 20.4. The van der Waals surface area contributed by atoms with Crippen LogP contribution in [0.15, 0.2) is 0 Å². The van der Waals surface area contributed by atoms with Gasteiger partial charge in [-0.2, -0.15) is 0 Å². The number of hydrogen-bond donors (Lipinski definition) is 2. The number of nitrogens with two attached hydrogens (primary N) is 1. The predicted molar refractivity (Wildman–Crippen MR) is 32.2 cm³/mol. The summed E-state index contributed by atoms with van der Waals surface area (Å²) in [5.74, 6) is -1.82. The van der Waals surface area contributed by atoms with Gasteiger partial charge in [0.25, 0.3) is 0 Å². The molecule has 0 heterocycles. The number of carbonyl (C=O) groups is 2. The van der Waals surface area contributed by atoms with E-state index in [-0.39, 0.29) is 6.42 Å². The zero-order chi connectivity index (χ0) is 8.15. The molecule has 0 aromatic carbocycles. The van der Waals surface area contributed by atoms with Crippen LogP contribution in [-0.2, 0) is 14.3 Å². The van der Waals surface area contributed by atoms with Crippen LogP contribution >= 0.6 is 0 Å². The van der Waals surface area contributed by atoms with Crippen molar-refractivity contribution in [1.29, 1.82) is 0 Å². The van der Waals surface area contributed by atoms with Crippen molar-refractivity contribution in [2.75, 3.05) is 7.11 Å². The van der Waals surface area contributed by atoms with E-state index in [1.54, 1.807) is 0 Å². The lowest BCUT2D eigenvalue weighted by Gasteiger charge is -2.02. The van der Waals surface area contributed by atoms with Crippen LogP contribution in [-0.4, -0.2) is 30.2 Å². The molecule has 0 aliphatic carbocycles. The first kappa shape index (κ1) is 8.90. The molecule has 0 rings (SSSR count). The van der Waals surface area contributed by atoms with Crippen molar-refractivity contribution in [3.05, 3.63) is 0 Å². The molecule has 0 spiro atoms. The molecule has 5 heteroatoms. The monoisotopic (exact) mass is 147 g/mol. The molecule has 0 unspecified atom stereocenters. The normalized spacial score (nSPS) is 12.2. The Morgan fingerprint density at radius 2 is 2.20 bits per heavy atom. The molecular weight excluding hydrogens is 138 g/mol. The number of hydrogen-bond acceptors (Lipinski definition) is 4. The van der Waals surface area contributed by atoms with Gasteiger partial charge in [0.05, 0.1) is 13.5 Å². The van der Waals surface area contributed by atoms with Gasteiger partial charge < -0.3 is 15.6 Å². The SMILES string of the molecule is COC(=O)C[C@@H](N)C(=O)O. The molecule has 0 saturated carbocycles. The highest BCUT2D eigenvalue weighted by Crippen LogP contribution is 1.89. The zero-order valence-electron chi connectivity index (χ0n) is 5.53. The smallest absolute Gasteiger partial charge is 0.321 e. The van der Waals surface area contributed by atoms with Gasteiger partial charge in [0, 0.05) is 0 Å². The van der Waals surface area contributed by atoms with Gasteiger partial charge in [0.15, 0.2) is 0 Å². The Morgan fingerprint density at radius 3 is 2.50 bits per heavy atom. The van der Waals surface area contributed by atoms with Crippen LogP contribution in [0.1, 0.15) is 6.42 Å². The van der Waals surface area contributed by atoms with Crippen LogP contribution < -0.4 is 5.73 Å². The molecule has 0 radical (unpaired) electrons. The van der Waals surface area contributed by atoms with Crippen LogP contribution in [0, 0.1) is 0 Å². The van der Waals surface area contributed by atoms with Gasteiger partial charge in [-0.25, -0.2) is 0 Å². The number of esters is 1. The second-order valence-corrected chi connectivity index (χ2v) is 1.72. The van der Waals surface area contributed by atoms with Crippen LogP contribution in [0.3, 0.4) is 0 Å². The Kier molecular flexibility index (Phi) is 3.42. The highest BCUT2D eigenvalue weighted by Gasteiger charge is 2.15. The lowest BCUT2D eigenvalue weighted by molar-refractivity contribution is -0.146. The molecule has 0 fully saturated rings. The van der Waals surface area contributed by atoms with E-state index in [0.29, 0.717) is 0 Å². The van der Waals surface area contributed by atoms with Crippen molar-refractivity contribution in [3.63, 3.8) is 0 Å². The lowest BCUT2D eigenvalue weighted by Crippen LogP contribution is -2.32. The van der Waals surface area contributed by atoms with Crippen LogP contribution in [0.5, 0.6) is 0 Å². The van der Waals surface area contributed by atoms with Gasteiger partial charge in [-0.3, -0.25) is 9.59 Å². The first-order chi connectivity index (χ1) is 4.57. The summed E-state index contributed by atoms with van der Waals surface area (Å²) >= 11 is 0. The fourth-order valence-corrected chi connectivity index (χ4v) is 0.350. The van der Waals surface area contributed by atoms with E-state index in [1.165, 1.54) is 7.11 Å². The first-order valence-electron chi connectivity index (χ1n) is 2.63. The average molecular weight is 147 g/mol. The third-order valence-corrected chi connectivity index (χ3v) is 0.931. The summed E-state index contributed by atoms with van der Waals surface area (Å²) < 4.78 is 4.19. The van der Waals surface area contributed by atoms with Gasteiger partial charge in [0.1, 0.15) is 6.04 Å². The molecule has 0 aliphatic heterocycles. The molecule has 58 valence electrons.